The average Bonchev–Trinajstić information content (AvgIpc) is 2.85. The summed E-state index contributed by atoms with van der Waals surface area (Å²) in [7, 11) is 0. The number of carbonyl (C=O) groups is 2. The van der Waals surface area contributed by atoms with E-state index in [-0.39, 0.29) is 22.6 Å². The Morgan fingerprint density at radius 1 is 0.583 bits per heavy atom. The number of carbonyl (C=O) groups excluding carboxylic acids is 2. The van der Waals surface area contributed by atoms with Gasteiger partial charge in [-0.2, -0.15) is 17.6 Å². The van der Waals surface area contributed by atoms with Crippen LogP contribution in [-0.2, 0) is 9.59 Å². The molecule has 0 aliphatic rings. The molecule has 10 heteroatoms. The van der Waals surface area contributed by atoms with Crippen LogP contribution in [-0.4, -0.2) is 11.9 Å². The molecule has 3 aromatic rings. The maximum absolute atomic E-state index is 14.8. The maximum Gasteiger partial charge on any atom is 0.338 e. The van der Waals surface area contributed by atoms with Crippen LogP contribution in [0, 0.1) is 23.3 Å². The van der Waals surface area contributed by atoms with Gasteiger partial charge in [0, 0.05) is 11.1 Å². The van der Waals surface area contributed by atoms with E-state index in [0.717, 1.165) is 12.1 Å². The van der Waals surface area contributed by atoms with E-state index < -0.39 is 58.2 Å². The second-order valence-corrected chi connectivity index (χ2v) is 7.35. The second kappa shape index (κ2) is 10.8. The molecule has 0 aromatic heterocycles. The Hall–Kier alpha value is -4.60. The first-order valence-corrected chi connectivity index (χ1v) is 10.2. The lowest BCUT2D eigenvalue weighted by Crippen LogP contribution is -2.10. The Labute approximate surface area is 203 Å². The first-order chi connectivity index (χ1) is 17.0. The van der Waals surface area contributed by atoms with E-state index in [1.54, 1.807) is 0 Å². The quantitative estimate of drug-likeness (QED) is 0.111. The zero-order valence-electron chi connectivity index (χ0n) is 19.0. The van der Waals surface area contributed by atoms with Gasteiger partial charge in [-0.3, -0.25) is 0 Å². The van der Waals surface area contributed by atoms with E-state index in [2.05, 4.69) is 13.2 Å². The monoisotopic (exact) mass is 502 g/mol. The van der Waals surface area contributed by atoms with Crippen LogP contribution in [0.3, 0.4) is 0 Å². The normalized spacial score (nSPS) is 10.4. The van der Waals surface area contributed by atoms with Gasteiger partial charge >= 0.3 is 11.9 Å². The fourth-order valence-corrected chi connectivity index (χ4v) is 2.60. The lowest BCUT2D eigenvalue weighted by molar-refractivity contribution is -0.131. The average molecular weight is 502 g/mol. The number of ether oxygens (including phenoxy) is 4. The van der Waals surface area contributed by atoms with E-state index in [1.807, 2.05) is 0 Å². The van der Waals surface area contributed by atoms with Gasteiger partial charge in [0.1, 0.15) is 0 Å². The molecule has 0 saturated heterocycles. The van der Waals surface area contributed by atoms with Gasteiger partial charge in [-0.1, -0.05) is 37.4 Å². The first kappa shape index (κ1) is 26.0. The van der Waals surface area contributed by atoms with Crippen LogP contribution in [0.2, 0.25) is 0 Å². The molecule has 0 unspecified atom stereocenters. The third-order valence-corrected chi connectivity index (χ3v) is 4.41. The number of halogens is 4. The van der Waals surface area contributed by atoms with Gasteiger partial charge in [0.2, 0.25) is 34.8 Å². The third-order valence-electron chi connectivity index (χ3n) is 4.41. The van der Waals surface area contributed by atoms with Crippen molar-refractivity contribution in [3.8, 4) is 34.5 Å². The van der Waals surface area contributed by atoms with Crippen molar-refractivity contribution in [3.05, 3.63) is 96.1 Å². The predicted molar refractivity (Wildman–Crippen MR) is 120 cm³/mol. The Morgan fingerprint density at radius 2 is 0.861 bits per heavy atom. The number of hydrogen-bond donors (Lipinski definition) is 0. The third kappa shape index (κ3) is 5.54. The van der Waals surface area contributed by atoms with Crippen LogP contribution in [0.25, 0.3) is 0 Å². The molecule has 0 bridgehead atoms. The molecule has 0 amide bonds. The highest BCUT2D eigenvalue weighted by Crippen LogP contribution is 2.42. The number of esters is 2. The van der Waals surface area contributed by atoms with Gasteiger partial charge in [0.25, 0.3) is 0 Å². The standard InChI is InChI=1S/C26H18F4O6/c1-13(2)25(31)35-17-11-7-5-9-15(17)33-23-19(27)21(29)24(22(30)20(23)28)34-16-10-6-8-12-18(16)36-26(32)14(3)4/h5-12H,1,3H2,2,4H3. The zero-order valence-corrected chi connectivity index (χ0v) is 19.0. The number of para-hydroxylation sites is 4. The van der Waals surface area contributed by atoms with Crippen LogP contribution in [0.5, 0.6) is 34.5 Å². The fraction of sp³-hybridized carbons (Fsp3) is 0.0769. The highest BCUT2D eigenvalue weighted by atomic mass is 19.2. The van der Waals surface area contributed by atoms with Gasteiger partial charge in [-0.15, -0.1) is 0 Å². The van der Waals surface area contributed by atoms with Crippen molar-refractivity contribution >= 4 is 11.9 Å². The van der Waals surface area contributed by atoms with E-state index in [9.17, 15) is 27.2 Å². The molecule has 6 nitrogen and oxygen atoms in total. The van der Waals surface area contributed by atoms with Gasteiger partial charge < -0.3 is 18.9 Å². The molecule has 0 aliphatic heterocycles. The molecule has 0 heterocycles. The molecule has 0 N–H and O–H groups in total. The summed E-state index contributed by atoms with van der Waals surface area (Å²) in [4.78, 5) is 23.6. The highest BCUT2D eigenvalue weighted by Gasteiger charge is 2.30. The molecular weight excluding hydrogens is 484 g/mol. The fourth-order valence-electron chi connectivity index (χ4n) is 2.60. The Bertz CT molecular complexity index is 1250. The van der Waals surface area contributed by atoms with Crippen molar-refractivity contribution < 1.29 is 46.1 Å². The van der Waals surface area contributed by atoms with Crippen LogP contribution < -0.4 is 18.9 Å². The van der Waals surface area contributed by atoms with Crippen molar-refractivity contribution in [1.82, 2.24) is 0 Å². The molecule has 0 spiro atoms. The lowest BCUT2D eigenvalue weighted by atomic mass is 10.2. The number of benzene rings is 3. The molecule has 186 valence electrons. The summed E-state index contributed by atoms with van der Waals surface area (Å²) in [5.41, 5.74) is 0.0462. The van der Waals surface area contributed by atoms with Gasteiger partial charge in [-0.25, -0.2) is 9.59 Å². The molecule has 3 rings (SSSR count). The molecular formula is C26H18F4O6. The minimum Gasteiger partial charge on any atom is -0.447 e. The van der Waals surface area contributed by atoms with E-state index in [4.69, 9.17) is 18.9 Å². The maximum atomic E-state index is 14.8. The molecule has 0 fully saturated rings. The minimum atomic E-state index is -1.93. The first-order valence-electron chi connectivity index (χ1n) is 10.2. The second-order valence-electron chi connectivity index (χ2n) is 7.35. The highest BCUT2D eigenvalue weighted by molar-refractivity contribution is 5.89. The van der Waals surface area contributed by atoms with Crippen molar-refractivity contribution in [2.24, 2.45) is 0 Å². The molecule has 0 aliphatic carbocycles. The summed E-state index contributed by atoms with van der Waals surface area (Å²) in [6.07, 6.45) is 0. The van der Waals surface area contributed by atoms with Crippen LogP contribution >= 0.6 is 0 Å². The Kier molecular flexibility index (Phi) is 7.78. The van der Waals surface area contributed by atoms with Crippen molar-refractivity contribution in [1.29, 1.82) is 0 Å². The van der Waals surface area contributed by atoms with Crippen molar-refractivity contribution in [2.75, 3.05) is 0 Å². The van der Waals surface area contributed by atoms with E-state index in [1.165, 1.54) is 50.2 Å². The zero-order chi connectivity index (χ0) is 26.6. The number of rotatable bonds is 8. The SMILES string of the molecule is C=C(C)C(=O)Oc1ccccc1Oc1c(F)c(F)c(Oc2ccccc2OC(=O)C(=C)C)c(F)c1F. The smallest absolute Gasteiger partial charge is 0.338 e. The van der Waals surface area contributed by atoms with Crippen LogP contribution in [0.4, 0.5) is 17.6 Å². The van der Waals surface area contributed by atoms with Crippen molar-refractivity contribution in [2.45, 2.75) is 13.8 Å². The topological polar surface area (TPSA) is 71.1 Å². The Morgan fingerprint density at radius 3 is 1.14 bits per heavy atom. The summed E-state index contributed by atoms with van der Waals surface area (Å²) in [5, 5.41) is 0. The van der Waals surface area contributed by atoms with Crippen LogP contribution in [0.15, 0.2) is 72.8 Å². The van der Waals surface area contributed by atoms with Crippen molar-refractivity contribution in [3.63, 3.8) is 0 Å². The molecule has 0 radical (unpaired) electrons. The Balaban J connectivity index is 1.99. The molecule has 36 heavy (non-hydrogen) atoms. The predicted octanol–water partition coefficient (Wildman–Crippen LogP) is 6.79. The number of hydrogen-bond acceptors (Lipinski definition) is 6. The molecule has 3 aromatic carbocycles. The summed E-state index contributed by atoms with van der Waals surface area (Å²) >= 11 is 0. The summed E-state index contributed by atoms with van der Waals surface area (Å²) in [6, 6.07) is 10.4. The molecule has 0 atom stereocenters. The van der Waals surface area contributed by atoms with Gasteiger partial charge in [0.15, 0.2) is 23.0 Å². The lowest BCUT2D eigenvalue weighted by Gasteiger charge is -2.16. The van der Waals surface area contributed by atoms with E-state index >= 15 is 0 Å². The van der Waals surface area contributed by atoms with Gasteiger partial charge in [0.05, 0.1) is 0 Å². The van der Waals surface area contributed by atoms with Gasteiger partial charge in [-0.05, 0) is 38.1 Å². The summed E-state index contributed by atoms with van der Waals surface area (Å²) in [6.45, 7) is 9.56. The summed E-state index contributed by atoms with van der Waals surface area (Å²) < 4.78 is 79.4. The molecule has 0 saturated carbocycles. The minimum absolute atomic E-state index is 0.0231. The largest absolute Gasteiger partial charge is 0.447 e. The summed E-state index contributed by atoms with van der Waals surface area (Å²) in [5.74, 6) is -13.7. The van der Waals surface area contributed by atoms with Crippen LogP contribution in [0.1, 0.15) is 13.8 Å². The van der Waals surface area contributed by atoms with E-state index in [0.29, 0.717) is 0 Å².